The molecule has 0 aliphatic carbocycles. The molecular weight excluding hydrogens is 328 g/mol. The van der Waals surface area contributed by atoms with E-state index in [2.05, 4.69) is 5.32 Å². The molecule has 2 aliphatic rings. The van der Waals surface area contributed by atoms with Gasteiger partial charge in [-0.05, 0) is 37.0 Å². The molecule has 3 rings (SSSR count). The van der Waals surface area contributed by atoms with Gasteiger partial charge in [0.1, 0.15) is 0 Å². The molecule has 0 radical (unpaired) electrons. The van der Waals surface area contributed by atoms with E-state index in [0.29, 0.717) is 37.7 Å². The fourth-order valence-corrected chi connectivity index (χ4v) is 3.53. The molecule has 130 valence electrons. The lowest BCUT2D eigenvalue weighted by atomic mass is 9.99. The maximum Gasteiger partial charge on any atom is 0.224 e. The van der Waals surface area contributed by atoms with Gasteiger partial charge in [0.15, 0.2) is 0 Å². The van der Waals surface area contributed by atoms with Crippen LogP contribution in [0.25, 0.3) is 0 Å². The summed E-state index contributed by atoms with van der Waals surface area (Å²) in [4.78, 5) is 26.3. The van der Waals surface area contributed by atoms with Gasteiger partial charge in [-0.3, -0.25) is 9.59 Å². The van der Waals surface area contributed by atoms with Crippen LogP contribution in [0.3, 0.4) is 0 Å². The first-order valence-corrected chi connectivity index (χ1v) is 8.90. The van der Waals surface area contributed by atoms with Gasteiger partial charge in [0.05, 0.1) is 6.04 Å². The van der Waals surface area contributed by atoms with Crippen LogP contribution in [0.5, 0.6) is 0 Å². The molecular formula is C18H23ClN2O3. The highest BCUT2D eigenvalue weighted by Crippen LogP contribution is 2.18. The molecule has 1 atom stereocenters. The predicted octanol–water partition coefficient (Wildman–Crippen LogP) is 2.03. The van der Waals surface area contributed by atoms with Crippen LogP contribution in [-0.4, -0.2) is 49.1 Å². The summed E-state index contributed by atoms with van der Waals surface area (Å²) in [7, 11) is 0. The summed E-state index contributed by atoms with van der Waals surface area (Å²) in [5.41, 5.74) is 1.12. The average molecular weight is 351 g/mol. The standard InChI is InChI=1S/C18H23ClN2O3/c19-15-3-1-2-13(10-15)4-7-21-12-16(11-17(21)22)20-18(23)14-5-8-24-9-6-14/h1-3,10,14,16H,4-9,11-12H2,(H,20,23). The normalized spacial score (nSPS) is 22.0. The smallest absolute Gasteiger partial charge is 0.224 e. The number of carbonyl (C=O) groups is 2. The molecule has 0 saturated carbocycles. The molecule has 1 aromatic rings. The Balaban J connectivity index is 1.47. The number of nitrogens with one attached hydrogen (secondary N) is 1. The van der Waals surface area contributed by atoms with E-state index in [0.717, 1.165) is 24.8 Å². The molecule has 5 nitrogen and oxygen atoms in total. The molecule has 0 aromatic heterocycles. The van der Waals surface area contributed by atoms with E-state index in [-0.39, 0.29) is 23.8 Å². The Kier molecular flexibility index (Phi) is 5.74. The van der Waals surface area contributed by atoms with Crippen molar-refractivity contribution in [1.29, 1.82) is 0 Å². The van der Waals surface area contributed by atoms with Crippen molar-refractivity contribution in [2.45, 2.75) is 31.7 Å². The fraction of sp³-hybridized carbons (Fsp3) is 0.556. The highest BCUT2D eigenvalue weighted by atomic mass is 35.5. The number of likely N-dealkylation sites (tertiary alicyclic amines) is 1. The number of halogens is 1. The number of hydrogen-bond acceptors (Lipinski definition) is 3. The maximum atomic E-state index is 12.3. The van der Waals surface area contributed by atoms with Crippen molar-refractivity contribution in [3.63, 3.8) is 0 Å². The molecule has 1 unspecified atom stereocenters. The first-order chi connectivity index (χ1) is 11.6. The Labute approximate surface area is 147 Å². The van der Waals surface area contributed by atoms with E-state index in [1.165, 1.54) is 0 Å². The van der Waals surface area contributed by atoms with Gasteiger partial charge in [-0.25, -0.2) is 0 Å². The van der Waals surface area contributed by atoms with Crippen molar-refractivity contribution >= 4 is 23.4 Å². The third-order valence-corrected chi connectivity index (χ3v) is 4.95. The van der Waals surface area contributed by atoms with Gasteiger partial charge in [-0.1, -0.05) is 23.7 Å². The Morgan fingerprint density at radius 1 is 1.33 bits per heavy atom. The zero-order chi connectivity index (χ0) is 16.9. The molecule has 2 aliphatic heterocycles. The van der Waals surface area contributed by atoms with Crippen molar-refractivity contribution in [2.75, 3.05) is 26.3 Å². The Hall–Kier alpha value is -1.59. The van der Waals surface area contributed by atoms with E-state index >= 15 is 0 Å². The Bertz CT molecular complexity index is 602. The van der Waals surface area contributed by atoms with Crippen molar-refractivity contribution in [1.82, 2.24) is 10.2 Å². The molecule has 2 amide bonds. The summed E-state index contributed by atoms with van der Waals surface area (Å²) >= 11 is 5.99. The van der Waals surface area contributed by atoms with Crippen LogP contribution in [-0.2, 0) is 20.7 Å². The van der Waals surface area contributed by atoms with Crippen LogP contribution in [0.2, 0.25) is 5.02 Å². The molecule has 1 N–H and O–H groups in total. The summed E-state index contributed by atoms with van der Waals surface area (Å²) in [5.74, 6) is 0.191. The van der Waals surface area contributed by atoms with Crippen molar-refractivity contribution < 1.29 is 14.3 Å². The molecule has 0 spiro atoms. The number of benzene rings is 1. The van der Waals surface area contributed by atoms with Crippen LogP contribution in [0, 0.1) is 5.92 Å². The van der Waals surface area contributed by atoms with Crippen LogP contribution in [0.1, 0.15) is 24.8 Å². The molecule has 6 heteroatoms. The van der Waals surface area contributed by atoms with E-state index in [1.807, 2.05) is 29.2 Å². The van der Waals surface area contributed by atoms with Crippen LogP contribution < -0.4 is 5.32 Å². The quantitative estimate of drug-likeness (QED) is 0.884. The van der Waals surface area contributed by atoms with Gasteiger partial charge in [0.25, 0.3) is 0 Å². The summed E-state index contributed by atoms with van der Waals surface area (Å²) in [6.45, 7) is 2.54. The Morgan fingerprint density at radius 3 is 2.88 bits per heavy atom. The van der Waals surface area contributed by atoms with Gasteiger partial charge in [0, 0.05) is 43.7 Å². The SMILES string of the molecule is O=C(NC1CC(=O)N(CCc2cccc(Cl)c2)C1)C1CCOCC1. The summed E-state index contributed by atoms with van der Waals surface area (Å²) < 4.78 is 5.28. The second-order valence-electron chi connectivity index (χ2n) is 6.52. The third kappa shape index (κ3) is 4.48. The zero-order valence-electron chi connectivity index (χ0n) is 13.7. The van der Waals surface area contributed by atoms with Crippen LogP contribution in [0.4, 0.5) is 0 Å². The van der Waals surface area contributed by atoms with Gasteiger partial charge in [0.2, 0.25) is 11.8 Å². The second kappa shape index (κ2) is 7.99. The van der Waals surface area contributed by atoms with E-state index in [1.54, 1.807) is 0 Å². The average Bonchev–Trinajstić information content (AvgIpc) is 2.93. The number of carbonyl (C=O) groups excluding carboxylic acids is 2. The molecule has 24 heavy (non-hydrogen) atoms. The maximum absolute atomic E-state index is 12.3. The summed E-state index contributed by atoms with van der Waals surface area (Å²) in [6, 6.07) is 7.62. The molecule has 0 bridgehead atoms. The highest BCUT2D eigenvalue weighted by molar-refractivity contribution is 6.30. The fourth-order valence-electron chi connectivity index (χ4n) is 3.32. The number of ether oxygens (including phenoxy) is 1. The lowest BCUT2D eigenvalue weighted by Gasteiger charge is -2.23. The van der Waals surface area contributed by atoms with Crippen molar-refractivity contribution in [3.05, 3.63) is 34.9 Å². The van der Waals surface area contributed by atoms with Crippen LogP contribution >= 0.6 is 11.6 Å². The van der Waals surface area contributed by atoms with Gasteiger partial charge < -0.3 is 15.0 Å². The molecule has 2 fully saturated rings. The number of hydrogen-bond donors (Lipinski definition) is 1. The molecule has 2 saturated heterocycles. The predicted molar refractivity (Wildman–Crippen MR) is 91.8 cm³/mol. The van der Waals surface area contributed by atoms with E-state index < -0.39 is 0 Å². The van der Waals surface area contributed by atoms with E-state index in [4.69, 9.17) is 16.3 Å². The minimum Gasteiger partial charge on any atom is -0.381 e. The Morgan fingerprint density at radius 2 is 2.12 bits per heavy atom. The largest absolute Gasteiger partial charge is 0.381 e. The highest BCUT2D eigenvalue weighted by Gasteiger charge is 2.32. The van der Waals surface area contributed by atoms with Crippen molar-refractivity contribution in [2.24, 2.45) is 5.92 Å². The van der Waals surface area contributed by atoms with Crippen molar-refractivity contribution in [3.8, 4) is 0 Å². The van der Waals surface area contributed by atoms with Gasteiger partial charge in [-0.15, -0.1) is 0 Å². The van der Waals surface area contributed by atoms with Gasteiger partial charge in [-0.2, -0.15) is 0 Å². The third-order valence-electron chi connectivity index (χ3n) is 4.71. The van der Waals surface area contributed by atoms with Crippen LogP contribution in [0.15, 0.2) is 24.3 Å². The first-order valence-electron chi connectivity index (χ1n) is 8.52. The second-order valence-corrected chi connectivity index (χ2v) is 6.95. The lowest BCUT2D eigenvalue weighted by molar-refractivity contribution is -0.128. The lowest BCUT2D eigenvalue weighted by Crippen LogP contribution is -2.42. The minimum atomic E-state index is -0.0767. The minimum absolute atomic E-state index is 0.0226. The number of rotatable bonds is 5. The van der Waals surface area contributed by atoms with Gasteiger partial charge >= 0.3 is 0 Å². The molecule has 1 aromatic carbocycles. The van der Waals surface area contributed by atoms with E-state index in [9.17, 15) is 9.59 Å². The number of nitrogens with zero attached hydrogens (tertiary/aromatic N) is 1. The summed E-state index contributed by atoms with van der Waals surface area (Å²) in [6.07, 6.45) is 2.70. The number of amides is 2. The molecule has 2 heterocycles. The first kappa shape index (κ1) is 17.2. The monoisotopic (exact) mass is 350 g/mol. The zero-order valence-corrected chi connectivity index (χ0v) is 14.4. The summed E-state index contributed by atoms with van der Waals surface area (Å²) in [5, 5.41) is 3.75. The topological polar surface area (TPSA) is 58.6 Å².